The van der Waals surface area contributed by atoms with Crippen LogP contribution in [-0.2, 0) is 0 Å². The van der Waals surface area contributed by atoms with Gasteiger partial charge in [0.25, 0.3) is 0 Å². The van der Waals surface area contributed by atoms with E-state index in [2.05, 4.69) is 9.72 Å². The molecule has 0 unspecified atom stereocenters. The Labute approximate surface area is 117 Å². The normalized spacial score (nSPS) is 11.2. The van der Waals surface area contributed by atoms with Crippen molar-refractivity contribution in [2.75, 3.05) is 0 Å². The first kappa shape index (κ1) is 14.3. The fourth-order valence-corrected chi connectivity index (χ4v) is 1.76. The van der Waals surface area contributed by atoms with E-state index in [1.807, 2.05) is 0 Å². The van der Waals surface area contributed by atoms with Crippen molar-refractivity contribution >= 4 is 17.4 Å². The molecule has 0 saturated heterocycles. The van der Waals surface area contributed by atoms with Gasteiger partial charge in [0.05, 0.1) is 10.6 Å². The molecule has 0 bridgehead atoms. The lowest BCUT2D eigenvalue weighted by Crippen LogP contribution is -2.19. The molecule has 0 fully saturated rings. The van der Waals surface area contributed by atoms with E-state index in [4.69, 9.17) is 11.6 Å². The monoisotopic (exact) mass is 301 g/mol. The molecule has 104 valence electrons. The number of nitrogens with zero attached hydrogens (tertiary/aromatic N) is 1. The summed E-state index contributed by atoms with van der Waals surface area (Å²) in [4.78, 5) is 15.9. The first-order valence-electron chi connectivity index (χ1n) is 5.38. The lowest BCUT2D eigenvalue weighted by molar-refractivity contribution is -0.274. The third-order valence-corrected chi connectivity index (χ3v) is 2.62. The molecule has 2 aromatic rings. The Balaban J connectivity index is 2.47. The van der Waals surface area contributed by atoms with Gasteiger partial charge in [0.15, 0.2) is 5.75 Å². The maximum absolute atomic E-state index is 12.4. The highest BCUT2D eigenvalue weighted by atomic mass is 35.5. The van der Waals surface area contributed by atoms with Crippen LogP contribution >= 0.6 is 11.6 Å². The Bertz CT molecular complexity index is 629. The van der Waals surface area contributed by atoms with Gasteiger partial charge in [-0.05, 0) is 24.3 Å². The number of ketones is 1. The number of pyridine rings is 1. The minimum absolute atomic E-state index is 0.00166. The van der Waals surface area contributed by atoms with Crippen LogP contribution in [0.3, 0.4) is 0 Å². The largest absolute Gasteiger partial charge is 0.573 e. The number of rotatable bonds is 3. The number of aromatic nitrogens is 1. The van der Waals surface area contributed by atoms with E-state index in [0.29, 0.717) is 0 Å². The number of carbonyl (C=O) groups excluding carboxylic acids is 1. The van der Waals surface area contributed by atoms with Crippen LogP contribution in [0.2, 0.25) is 5.02 Å². The summed E-state index contributed by atoms with van der Waals surface area (Å²) in [6.07, 6.45) is -3.58. The first-order valence-corrected chi connectivity index (χ1v) is 5.76. The van der Waals surface area contributed by atoms with Gasteiger partial charge in [0, 0.05) is 6.20 Å². The standard InChI is InChI=1S/C13H7ClF3NO2/c14-9-5-3-4-8(12(9)20-13(15,16)17)11(19)10-6-1-2-7-18-10/h1-7H. The summed E-state index contributed by atoms with van der Waals surface area (Å²) < 4.78 is 40.9. The number of para-hydroxylation sites is 1. The molecule has 0 saturated carbocycles. The topological polar surface area (TPSA) is 39.2 Å². The minimum atomic E-state index is -4.94. The Kier molecular flexibility index (Phi) is 3.94. The molecule has 0 aliphatic heterocycles. The molecule has 0 amide bonds. The molecule has 3 nitrogen and oxygen atoms in total. The molecule has 0 radical (unpaired) electrons. The van der Waals surface area contributed by atoms with Crippen molar-refractivity contribution in [1.82, 2.24) is 4.98 Å². The maximum Gasteiger partial charge on any atom is 0.573 e. The molecule has 0 N–H and O–H groups in total. The summed E-state index contributed by atoms with van der Waals surface area (Å²) in [7, 11) is 0. The smallest absolute Gasteiger partial charge is 0.403 e. The van der Waals surface area contributed by atoms with Gasteiger partial charge in [-0.1, -0.05) is 23.7 Å². The zero-order valence-corrected chi connectivity index (χ0v) is 10.6. The first-order chi connectivity index (χ1) is 9.38. The van der Waals surface area contributed by atoms with Gasteiger partial charge in [-0.2, -0.15) is 0 Å². The molecule has 1 heterocycles. The van der Waals surface area contributed by atoms with E-state index < -0.39 is 17.9 Å². The highest BCUT2D eigenvalue weighted by molar-refractivity contribution is 6.33. The molecular weight excluding hydrogens is 295 g/mol. The van der Waals surface area contributed by atoms with Crippen LogP contribution in [0.25, 0.3) is 0 Å². The average Bonchev–Trinajstić information content (AvgIpc) is 2.40. The average molecular weight is 302 g/mol. The number of hydrogen-bond donors (Lipinski definition) is 0. The lowest BCUT2D eigenvalue weighted by atomic mass is 10.1. The zero-order chi connectivity index (χ0) is 14.8. The van der Waals surface area contributed by atoms with Crippen LogP contribution in [0.5, 0.6) is 5.75 Å². The Hall–Kier alpha value is -2.08. The molecule has 0 atom stereocenters. The van der Waals surface area contributed by atoms with Gasteiger partial charge < -0.3 is 4.74 Å². The van der Waals surface area contributed by atoms with Crippen molar-refractivity contribution in [3.8, 4) is 5.75 Å². The summed E-state index contributed by atoms with van der Waals surface area (Å²) in [5.41, 5.74) is -0.296. The predicted octanol–water partition coefficient (Wildman–Crippen LogP) is 3.86. The van der Waals surface area contributed by atoms with Gasteiger partial charge >= 0.3 is 6.36 Å². The fourth-order valence-electron chi connectivity index (χ4n) is 1.54. The van der Waals surface area contributed by atoms with Crippen molar-refractivity contribution in [3.63, 3.8) is 0 Å². The number of ether oxygens (including phenoxy) is 1. The number of hydrogen-bond acceptors (Lipinski definition) is 3. The highest BCUT2D eigenvalue weighted by Gasteiger charge is 2.34. The number of carbonyl (C=O) groups is 1. The Morgan fingerprint density at radius 2 is 1.90 bits per heavy atom. The molecule has 0 aliphatic rings. The summed E-state index contributed by atoms with van der Waals surface area (Å²) in [6.45, 7) is 0. The second kappa shape index (κ2) is 5.50. The van der Waals surface area contributed by atoms with Gasteiger partial charge in [-0.25, -0.2) is 0 Å². The number of halogens is 4. The molecular formula is C13H7ClF3NO2. The summed E-state index contributed by atoms with van der Waals surface area (Å²) >= 11 is 5.67. The van der Waals surface area contributed by atoms with Crippen molar-refractivity contribution in [2.24, 2.45) is 0 Å². The van der Waals surface area contributed by atoms with Crippen molar-refractivity contribution in [1.29, 1.82) is 0 Å². The van der Waals surface area contributed by atoms with E-state index >= 15 is 0 Å². The zero-order valence-electron chi connectivity index (χ0n) is 9.82. The van der Waals surface area contributed by atoms with Crippen molar-refractivity contribution in [2.45, 2.75) is 6.36 Å². The maximum atomic E-state index is 12.4. The SMILES string of the molecule is O=C(c1ccccn1)c1cccc(Cl)c1OC(F)(F)F. The quantitative estimate of drug-likeness (QED) is 0.808. The Morgan fingerprint density at radius 3 is 2.50 bits per heavy atom. The van der Waals surface area contributed by atoms with Gasteiger partial charge in [0.1, 0.15) is 5.69 Å². The molecule has 20 heavy (non-hydrogen) atoms. The molecule has 0 spiro atoms. The summed E-state index contributed by atoms with van der Waals surface area (Å²) in [5, 5.41) is -0.302. The van der Waals surface area contributed by atoms with E-state index in [1.54, 1.807) is 12.1 Å². The van der Waals surface area contributed by atoms with Crippen molar-refractivity contribution in [3.05, 3.63) is 58.9 Å². The molecule has 1 aromatic carbocycles. The van der Waals surface area contributed by atoms with Gasteiger partial charge in [-0.3, -0.25) is 9.78 Å². The van der Waals surface area contributed by atoms with Crippen LogP contribution in [0.1, 0.15) is 16.1 Å². The van der Waals surface area contributed by atoms with E-state index in [0.717, 1.165) is 0 Å². The highest BCUT2D eigenvalue weighted by Crippen LogP contribution is 2.34. The summed E-state index contributed by atoms with van der Waals surface area (Å²) in [5.74, 6) is -1.43. The molecule has 0 aliphatic carbocycles. The van der Waals surface area contributed by atoms with Gasteiger partial charge in [-0.15, -0.1) is 13.2 Å². The van der Waals surface area contributed by atoms with Crippen molar-refractivity contribution < 1.29 is 22.7 Å². The van der Waals surface area contributed by atoms with E-state index in [-0.39, 0.29) is 16.3 Å². The van der Waals surface area contributed by atoms with E-state index in [9.17, 15) is 18.0 Å². The number of alkyl halides is 3. The third-order valence-electron chi connectivity index (χ3n) is 2.33. The minimum Gasteiger partial charge on any atom is -0.403 e. The fraction of sp³-hybridized carbons (Fsp3) is 0.0769. The number of benzene rings is 1. The lowest BCUT2D eigenvalue weighted by Gasteiger charge is -2.13. The molecule has 2 rings (SSSR count). The van der Waals surface area contributed by atoms with E-state index in [1.165, 1.54) is 30.5 Å². The van der Waals surface area contributed by atoms with Crippen LogP contribution in [-0.4, -0.2) is 17.1 Å². The van der Waals surface area contributed by atoms with Gasteiger partial charge in [0.2, 0.25) is 5.78 Å². The molecule has 1 aromatic heterocycles. The van der Waals surface area contributed by atoms with Crippen LogP contribution in [0, 0.1) is 0 Å². The second-order valence-corrected chi connectivity index (χ2v) is 4.12. The van der Waals surface area contributed by atoms with Crippen LogP contribution in [0.4, 0.5) is 13.2 Å². The van der Waals surface area contributed by atoms with Crippen LogP contribution < -0.4 is 4.74 Å². The predicted molar refractivity (Wildman–Crippen MR) is 65.8 cm³/mol. The Morgan fingerprint density at radius 1 is 1.15 bits per heavy atom. The summed E-state index contributed by atoms with van der Waals surface area (Å²) in [6, 6.07) is 8.29. The molecule has 7 heteroatoms. The third kappa shape index (κ3) is 3.27. The second-order valence-electron chi connectivity index (χ2n) is 3.71. The van der Waals surface area contributed by atoms with Crippen LogP contribution in [0.15, 0.2) is 42.6 Å².